The molecule has 0 heterocycles. The van der Waals surface area contributed by atoms with Gasteiger partial charge >= 0.3 is 0 Å². The van der Waals surface area contributed by atoms with E-state index in [0.29, 0.717) is 0 Å². The van der Waals surface area contributed by atoms with Crippen molar-refractivity contribution in [3.05, 3.63) is 0 Å². The van der Waals surface area contributed by atoms with Gasteiger partial charge in [0, 0.05) is 0 Å². The molecule has 116 valence electrons. The molecule has 0 bridgehead atoms. The predicted molar refractivity (Wildman–Crippen MR) is 95.9 cm³/mol. The van der Waals surface area contributed by atoms with Crippen LogP contribution in [-0.2, 0) is 0 Å². The van der Waals surface area contributed by atoms with Gasteiger partial charge in [0.05, 0.1) is 0 Å². The van der Waals surface area contributed by atoms with Crippen LogP contribution in [0.3, 0.4) is 0 Å². The Balaban J connectivity index is 5.63. The minimum absolute atomic E-state index is 0.813. The standard InChI is InChI=1S/C16H39NSi2/c1-9-18(10-2,11-3)17(15-16(7)8)19(12-4,13-5)14-6/h16H,9-15H2,1-8H3. The third-order valence-corrected chi connectivity index (χ3v) is 19.0. The Hall–Kier alpha value is 0.394. The highest BCUT2D eigenvalue weighted by atomic mass is 28.4. The fourth-order valence-electron chi connectivity index (χ4n) is 3.90. The molecule has 0 aromatic heterocycles. The highest BCUT2D eigenvalue weighted by Crippen LogP contribution is 2.36. The normalized spacial score (nSPS) is 13.6. The molecular formula is C16H39NSi2. The number of hydrogen-bond donors (Lipinski definition) is 0. The van der Waals surface area contributed by atoms with Crippen molar-refractivity contribution in [3.63, 3.8) is 0 Å². The van der Waals surface area contributed by atoms with E-state index in [9.17, 15) is 0 Å². The Morgan fingerprint density at radius 2 is 0.895 bits per heavy atom. The minimum atomic E-state index is -1.21. The van der Waals surface area contributed by atoms with E-state index >= 15 is 0 Å². The van der Waals surface area contributed by atoms with Crippen LogP contribution in [-0.4, -0.2) is 27.2 Å². The molecule has 0 aliphatic heterocycles. The van der Waals surface area contributed by atoms with Gasteiger partial charge in [0.2, 0.25) is 0 Å². The first-order chi connectivity index (χ1) is 8.91. The van der Waals surface area contributed by atoms with Crippen LogP contribution in [0.4, 0.5) is 0 Å². The smallest absolute Gasteiger partial charge is 0.121 e. The lowest BCUT2D eigenvalue weighted by Gasteiger charge is -2.53. The van der Waals surface area contributed by atoms with E-state index < -0.39 is 16.5 Å². The maximum Gasteiger partial charge on any atom is 0.121 e. The van der Waals surface area contributed by atoms with Gasteiger partial charge in [-0.15, -0.1) is 0 Å². The van der Waals surface area contributed by atoms with Crippen molar-refractivity contribution < 1.29 is 0 Å². The summed E-state index contributed by atoms with van der Waals surface area (Å²) in [5.74, 6) is 0.813. The zero-order valence-corrected chi connectivity index (χ0v) is 17.0. The van der Waals surface area contributed by atoms with E-state index in [1.165, 1.54) is 42.8 Å². The van der Waals surface area contributed by atoms with Crippen molar-refractivity contribution in [2.24, 2.45) is 5.92 Å². The molecule has 0 spiro atoms. The predicted octanol–water partition coefficient (Wildman–Crippen LogP) is 5.95. The number of rotatable bonds is 10. The van der Waals surface area contributed by atoms with Gasteiger partial charge in [0.25, 0.3) is 0 Å². The molecule has 0 aromatic rings. The summed E-state index contributed by atoms with van der Waals surface area (Å²) >= 11 is 0. The molecule has 0 rings (SSSR count). The van der Waals surface area contributed by atoms with Crippen LogP contribution < -0.4 is 0 Å². The first-order valence-corrected chi connectivity index (χ1v) is 13.8. The van der Waals surface area contributed by atoms with E-state index in [1.807, 2.05) is 0 Å². The molecule has 0 aromatic carbocycles. The highest BCUT2D eigenvalue weighted by Gasteiger charge is 2.45. The minimum Gasteiger partial charge on any atom is -0.345 e. The molecule has 0 radical (unpaired) electrons. The molecule has 1 nitrogen and oxygen atoms in total. The van der Waals surface area contributed by atoms with Gasteiger partial charge in [0.15, 0.2) is 0 Å². The summed E-state index contributed by atoms with van der Waals surface area (Å²) in [6.07, 6.45) is 0. The van der Waals surface area contributed by atoms with Crippen LogP contribution >= 0.6 is 0 Å². The van der Waals surface area contributed by atoms with E-state index in [1.54, 1.807) is 0 Å². The van der Waals surface area contributed by atoms with Crippen molar-refractivity contribution in [1.29, 1.82) is 0 Å². The van der Waals surface area contributed by atoms with Crippen LogP contribution in [0.1, 0.15) is 55.4 Å². The van der Waals surface area contributed by atoms with Crippen molar-refractivity contribution in [1.82, 2.24) is 4.23 Å². The van der Waals surface area contributed by atoms with E-state index in [0.717, 1.165) is 5.92 Å². The summed E-state index contributed by atoms with van der Waals surface area (Å²) in [5.41, 5.74) is 0. The lowest BCUT2D eigenvalue weighted by molar-refractivity contribution is 0.475. The van der Waals surface area contributed by atoms with E-state index in [4.69, 9.17) is 0 Å². The number of hydrogen-bond acceptors (Lipinski definition) is 1. The molecule has 0 N–H and O–H groups in total. The first kappa shape index (κ1) is 19.4. The molecule has 0 amide bonds. The lowest BCUT2D eigenvalue weighted by atomic mass is 10.2. The maximum atomic E-state index is 3.19. The van der Waals surface area contributed by atoms with Gasteiger partial charge in [-0.2, -0.15) is 0 Å². The molecule has 0 aliphatic carbocycles. The molecule has 0 saturated carbocycles. The third kappa shape index (κ3) is 4.18. The average Bonchev–Trinajstić information content (AvgIpc) is 2.43. The Kier molecular flexibility index (Phi) is 8.81. The second-order valence-corrected chi connectivity index (χ2v) is 17.2. The van der Waals surface area contributed by atoms with Gasteiger partial charge < -0.3 is 4.23 Å². The molecular weight excluding hydrogens is 262 g/mol. The number of nitrogens with zero attached hydrogens (tertiary/aromatic N) is 1. The fraction of sp³-hybridized carbons (Fsp3) is 1.00. The van der Waals surface area contributed by atoms with Gasteiger partial charge in [-0.25, -0.2) is 0 Å². The molecule has 0 saturated heterocycles. The van der Waals surface area contributed by atoms with Gasteiger partial charge in [-0.3, -0.25) is 0 Å². The van der Waals surface area contributed by atoms with Gasteiger partial charge in [-0.1, -0.05) is 55.4 Å². The Morgan fingerprint density at radius 1 is 0.632 bits per heavy atom. The summed E-state index contributed by atoms with van der Waals surface area (Å²) in [6, 6.07) is 8.68. The second-order valence-electron chi connectivity index (χ2n) is 6.57. The largest absolute Gasteiger partial charge is 0.345 e. The molecule has 0 unspecified atom stereocenters. The Morgan fingerprint density at radius 3 is 1.05 bits per heavy atom. The van der Waals surface area contributed by atoms with Crippen molar-refractivity contribution in [2.75, 3.05) is 6.54 Å². The monoisotopic (exact) mass is 301 g/mol. The topological polar surface area (TPSA) is 3.24 Å². The van der Waals surface area contributed by atoms with Crippen LogP contribution in [0, 0.1) is 5.92 Å². The van der Waals surface area contributed by atoms with E-state index in [-0.39, 0.29) is 0 Å². The molecule has 3 heteroatoms. The lowest BCUT2D eigenvalue weighted by Crippen LogP contribution is -2.66. The molecule has 0 fully saturated rings. The van der Waals surface area contributed by atoms with Crippen LogP contribution in [0.25, 0.3) is 0 Å². The SMILES string of the molecule is CC[Si](CC)(CC)N(CC(C)C)[Si](CC)(CC)CC. The second kappa shape index (κ2) is 8.63. The highest BCUT2D eigenvalue weighted by molar-refractivity contribution is 6.92. The average molecular weight is 302 g/mol. The van der Waals surface area contributed by atoms with Crippen molar-refractivity contribution >= 4 is 16.5 Å². The fourth-order valence-corrected chi connectivity index (χ4v) is 17.6. The summed E-state index contributed by atoms with van der Waals surface area (Å²) in [5, 5.41) is 0. The van der Waals surface area contributed by atoms with Crippen LogP contribution in [0.5, 0.6) is 0 Å². The zero-order chi connectivity index (χ0) is 15.1. The molecule has 0 aliphatic rings. The summed E-state index contributed by atoms with van der Waals surface area (Å²) in [6.45, 7) is 21.0. The first-order valence-electron chi connectivity index (χ1n) is 8.69. The summed E-state index contributed by atoms with van der Waals surface area (Å²) < 4.78 is 3.19. The van der Waals surface area contributed by atoms with Crippen molar-refractivity contribution in [2.45, 2.75) is 91.7 Å². The van der Waals surface area contributed by atoms with E-state index in [2.05, 4.69) is 59.6 Å². The Bertz CT molecular complexity index is 196. The van der Waals surface area contributed by atoms with Gasteiger partial charge in [0.1, 0.15) is 16.5 Å². The third-order valence-electron chi connectivity index (χ3n) is 5.64. The van der Waals surface area contributed by atoms with Gasteiger partial charge in [-0.05, 0) is 48.7 Å². The summed E-state index contributed by atoms with van der Waals surface area (Å²) in [4.78, 5) is 0. The zero-order valence-electron chi connectivity index (χ0n) is 15.0. The van der Waals surface area contributed by atoms with Crippen molar-refractivity contribution in [3.8, 4) is 0 Å². The van der Waals surface area contributed by atoms with Crippen LogP contribution in [0.15, 0.2) is 0 Å². The molecule has 0 atom stereocenters. The maximum absolute atomic E-state index is 3.19. The molecule has 19 heavy (non-hydrogen) atoms. The van der Waals surface area contributed by atoms with Crippen LogP contribution in [0.2, 0.25) is 36.3 Å². The Labute approximate surface area is 125 Å². The summed E-state index contributed by atoms with van der Waals surface area (Å²) in [7, 11) is -2.43. The quantitative estimate of drug-likeness (QED) is 0.450.